The predicted octanol–water partition coefficient (Wildman–Crippen LogP) is 3.41. The molecule has 0 bridgehead atoms. The van der Waals surface area contributed by atoms with Crippen LogP contribution in [0.1, 0.15) is 48.6 Å². The van der Waals surface area contributed by atoms with E-state index in [4.69, 9.17) is 26.4 Å². The lowest BCUT2D eigenvalue weighted by Crippen LogP contribution is -2.25. The van der Waals surface area contributed by atoms with E-state index in [2.05, 4.69) is 15.5 Å². The van der Waals surface area contributed by atoms with Gasteiger partial charge in [0.2, 0.25) is 5.91 Å². The molecule has 1 aliphatic heterocycles. The molecule has 1 aromatic heterocycles. The molecule has 172 valence electrons. The third kappa shape index (κ3) is 4.91. The zero-order valence-electron chi connectivity index (χ0n) is 18.6. The molecule has 3 aromatic rings. The normalized spacial score (nSPS) is 14.7. The van der Waals surface area contributed by atoms with Crippen LogP contribution in [-0.4, -0.2) is 51.2 Å². The molecule has 1 atom stereocenters. The third-order valence-electron chi connectivity index (χ3n) is 5.34. The molecule has 0 saturated heterocycles. The van der Waals surface area contributed by atoms with Gasteiger partial charge in [0.15, 0.2) is 5.82 Å². The van der Waals surface area contributed by atoms with Crippen molar-refractivity contribution in [2.24, 2.45) is 4.99 Å². The van der Waals surface area contributed by atoms with Gasteiger partial charge in [-0.1, -0.05) is 23.7 Å². The first-order valence-electron chi connectivity index (χ1n) is 10.9. The number of aliphatic hydroxyl groups is 1. The van der Waals surface area contributed by atoms with Gasteiger partial charge in [0.1, 0.15) is 17.6 Å². The van der Waals surface area contributed by atoms with E-state index >= 15 is 0 Å². The summed E-state index contributed by atoms with van der Waals surface area (Å²) in [5, 5.41) is 21.2. The Morgan fingerprint density at radius 1 is 1.21 bits per heavy atom. The van der Waals surface area contributed by atoms with Gasteiger partial charge in [0.25, 0.3) is 0 Å². The lowest BCUT2D eigenvalue weighted by molar-refractivity contribution is -0.121. The van der Waals surface area contributed by atoms with Crippen molar-refractivity contribution >= 4 is 23.2 Å². The molecule has 0 aliphatic carbocycles. The lowest BCUT2D eigenvalue weighted by Gasteiger charge is -2.15. The van der Waals surface area contributed by atoms with E-state index in [1.807, 2.05) is 60.9 Å². The summed E-state index contributed by atoms with van der Waals surface area (Å²) in [6.07, 6.45) is 0.690. The smallest absolute Gasteiger partial charge is 0.222 e. The minimum Gasteiger partial charge on any atom is -0.493 e. The molecule has 2 N–H and O–H groups in total. The second-order valence-corrected chi connectivity index (χ2v) is 8.14. The number of halogens is 1. The molecular formula is C24H26ClN5O3. The van der Waals surface area contributed by atoms with E-state index in [1.54, 1.807) is 0 Å². The minimum absolute atomic E-state index is 0.0627. The van der Waals surface area contributed by atoms with Crippen LogP contribution >= 0.6 is 11.6 Å². The maximum Gasteiger partial charge on any atom is 0.222 e. The molecule has 0 radical (unpaired) electrons. The molecule has 2 heterocycles. The van der Waals surface area contributed by atoms with Gasteiger partial charge in [-0.3, -0.25) is 14.4 Å². The summed E-state index contributed by atoms with van der Waals surface area (Å²) in [6.45, 7) is 4.77. The highest BCUT2D eigenvalue weighted by Gasteiger charge is 2.29. The number of carbonyl (C=O) groups excluding carboxylic acids is 1. The molecule has 0 unspecified atom stereocenters. The van der Waals surface area contributed by atoms with E-state index in [-0.39, 0.29) is 18.9 Å². The van der Waals surface area contributed by atoms with Crippen molar-refractivity contribution in [3.05, 3.63) is 70.3 Å². The van der Waals surface area contributed by atoms with Gasteiger partial charge in [0, 0.05) is 35.7 Å². The Bertz CT molecular complexity index is 1170. The summed E-state index contributed by atoms with van der Waals surface area (Å²) in [7, 11) is 0. The highest BCUT2D eigenvalue weighted by molar-refractivity contribution is 6.30. The predicted molar refractivity (Wildman–Crippen MR) is 126 cm³/mol. The topological polar surface area (TPSA) is 102 Å². The molecule has 8 nitrogen and oxygen atoms in total. The van der Waals surface area contributed by atoms with Crippen LogP contribution in [0, 0.1) is 6.92 Å². The number of amides is 1. The molecule has 9 heteroatoms. The average Bonchev–Trinajstić information content (AvgIpc) is 3.12. The largest absolute Gasteiger partial charge is 0.493 e. The van der Waals surface area contributed by atoms with Crippen LogP contribution in [0.15, 0.2) is 47.5 Å². The van der Waals surface area contributed by atoms with Gasteiger partial charge >= 0.3 is 0 Å². The lowest BCUT2D eigenvalue weighted by atomic mass is 10.00. The summed E-state index contributed by atoms with van der Waals surface area (Å²) in [5.74, 6) is 1.87. The Labute approximate surface area is 197 Å². The molecule has 2 aromatic carbocycles. The van der Waals surface area contributed by atoms with Crippen LogP contribution < -0.4 is 10.1 Å². The maximum atomic E-state index is 12.5. The number of aryl methyl sites for hydroxylation is 1. The molecule has 0 saturated carbocycles. The molecule has 0 spiro atoms. The Kier molecular flexibility index (Phi) is 7.05. The molecular weight excluding hydrogens is 442 g/mol. The van der Waals surface area contributed by atoms with Crippen molar-refractivity contribution < 1.29 is 14.6 Å². The van der Waals surface area contributed by atoms with Gasteiger partial charge < -0.3 is 15.2 Å². The molecule has 4 rings (SSSR count). The van der Waals surface area contributed by atoms with Gasteiger partial charge in [-0.15, -0.1) is 10.2 Å². The summed E-state index contributed by atoms with van der Waals surface area (Å²) >= 11 is 6.13. The van der Waals surface area contributed by atoms with Gasteiger partial charge in [-0.25, -0.2) is 0 Å². The zero-order valence-corrected chi connectivity index (χ0v) is 19.3. The maximum absolute atomic E-state index is 12.5. The van der Waals surface area contributed by atoms with Crippen LogP contribution in [0.2, 0.25) is 5.02 Å². The highest BCUT2D eigenvalue weighted by atomic mass is 35.5. The first kappa shape index (κ1) is 22.9. The number of aromatic nitrogens is 3. The third-order valence-corrected chi connectivity index (χ3v) is 5.59. The number of hydrogen-bond donors (Lipinski definition) is 2. The first-order valence-corrected chi connectivity index (χ1v) is 11.3. The summed E-state index contributed by atoms with van der Waals surface area (Å²) in [6, 6.07) is 12.7. The SMILES string of the molecule is CCNC(=O)C[C@@H]1N=C(c2ccc(Cl)cc2)c2cc(OCCCO)ccc2-n2c(C)nnc21. The zero-order chi connectivity index (χ0) is 23.4. The average molecular weight is 468 g/mol. The Morgan fingerprint density at radius 2 is 2.00 bits per heavy atom. The highest BCUT2D eigenvalue weighted by Crippen LogP contribution is 2.34. The molecule has 1 amide bonds. The summed E-state index contributed by atoms with van der Waals surface area (Å²) in [5.41, 5.74) is 3.27. The molecule has 1 aliphatic rings. The number of aliphatic imine (C=N–C) groups is 1. The van der Waals surface area contributed by atoms with Crippen LogP contribution in [0.25, 0.3) is 5.69 Å². The molecule has 33 heavy (non-hydrogen) atoms. The summed E-state index contributed by atoms with van der Waals surface area (Å²) in [4.78, 5) is 17.5. The Morgan fingerprint density at radius 3 is 2.73 bits per heavy atom. The number of rotatable bonds is 8. The van der Waals surface area contributed by atoms with Crippen molar-refractivity contribution in [2.45, 2.75) is 32.7 Å². The standard InChI is InChI=1S/C24H26ClN5O3/c1-3-26-22(32)14-20-24-29-28-15(2)30(24)21-10-9-18(33-12-4-11-31)13-19(21)23(27-20)16-5-7-17(25)8-6-16/h5-10,13,20,31H,3-4,11-12,14H2,1-2H3,(H,26,32)/t20-/m0/s1. The van der Waals surface area contributed by atoms with E-state index in [9.17, 15) is 4.79 Å². The number of benzene rings is 2. The first-order chi connectivity index (χ1) is 16.0. The van der Waals surface area contributed by atoms with Crippen molar-refractivity contribution in [3.63, 3.8) is 0 Å². The quantitative estimate of drug-likeness (QED) is 0.494. The number of hydrogen-bond acceptors (Lipinski definition) is 6. The number of nitrogens with zero attached hydrogens (tertiary/aromatic N) is 4. The van der Waals surface area contributed by atoms with Gasteiger partial charge in [0.05, 0.1) is 24.4 Å². The number of ether oxygens (including phenoxy) is 1. The molecule has 0 fully saturated rings. The minimum atomic E-state index is -0.519. The van der Waals surface area contributed by atoms with E-state index in [0.717, 1.165) is 16.8 Å². The van der Waals surface area contributed by atoms with Crippen LogP contribution in [-0.2, 0) is 4.79 Å². The van der Waals surface area contributed by atoms with E-state index in [1.165, 1.54) is 0 Å². The fraction of sp³-hybridized carbons (Fsp3) is 0.333. The van der Waals surface area contributed by atoms with Crippen LogP contribution in [0.3, 0.4) is 0 Å². The van der Waals surface area contributed by atoms with Crippen molar-refractivity contribution in [1.82, 2.24) is 20.1 Å². The van der Waals surface area contributed by atoms with E-state index in [0.29, 0.717) is 47.7 Å². The van der Waals surface area contributed by atoms with Crippen molar-refractivity contribution in [1.29, 1.82) is 0 Å². The monoisotopic (exact) mass is 467 g/mol. The van der Waals surface area contributed by atoms with Crippen molar-refractivity contribution in [2.75, 3.05) is 19.8 Å². The number of carbonyl (C=O) groups is 1. The fourth-order valence-electron chi connectivity index (χ4n) is 3.84. The Hall–Kier alpha value is -3.23. The number of fused-ring (bicyclic) bond motifs is 3. The van der Waals surface area contributed by atoms with Gasteiger partial charge in [-0.2, -0.15) is 0 Å². The number of nitrogens with one attached hydrogen (secondary N) is 1. The van der Waals surface area contributed by atoms with E-state index < -0.39 is 6.04 Å². The second-order valence-electron chi connectivity index (χ2n) is 7.70. The number of aliphatic hydroxyl groups excluding tert-OH is 1. The fourth-order valence-corrected chi connectivity index (χ4v) is 3.97. The van der Waals surface area contributed by atoms with Crippen LogP contribution in [0.5, 0.6) is 5.75 Å². The second kappa shape index (κ2) is 10.1. The van der Waals surface area contributed by atoms with Crippen molar-refractivity contribution in [3.8, 4) is 11.4 Å². The van der Waals surface area contributed by atoms with Crippen LogP contribution in [0.4, 0.5) is 0 Å². The Balaban J connectivity index is 1.88. The van der Waals surface area contributed by atoms with Gasteiger partial charge in [-0.05, 0) is 44.2 Å². The summed E-state index contributed by atoms with van der Waals surface area (Å²) < 4.78 is 7.79.